The van der Waals surface area contributed by atoms with Crippen molar-refractivity contribution in [3.8, 4) is 5.75 Å². The van der Waals surface area contributed by atoms with Crippen molar-refractivity contribution in [2.24, 2.45) is 5.92 Å². The van der Waals surface area contributed by atoms with Crippen molar-refractivity contribution in [3.05, 3.63) is 24.2 Å². The molecule has 202 valence electrons. The molecule has 1 aliphatic heterocycles. The Morgan fingerprint density at radius 1 is 1.31 bits per heavy atom. The molecule has 1 atom stereocenters. The first-order chi connectivity index (χ1) is 16.9. The topological polar surface area (TPSA) is 87.1 Å². The van der Waals surface area contributed by atoms with Crippen LogP contribution in [0.4, 0.5) is 18.9 Å². The largest absolute Gasteiger partial charge is 0.476 e. The lowest BCUT2D eigenvalue weighted by molar-refractivity contribution is -0.134. The lowest BCUT2D eigenvalue weighted by Crippen LogP contribution is -2.43. The summed E-state index contributed by atoms with van der Waals surface area (Å²) in [6.45, 7) is 2.88. The van der Waals surface area contributed by atoms with Gasteiger partial charge >= 0.3 is 5.97 Å². The first kappa shape index (κ1) is 28.6. The van der Waals surface area contributed by atoms with Gasteiger partial charge in [0.1, 0.15) is 16.9 Å². The van der Waals surface area contributed by atoms with E-state index in [2.05, 4.69) is 0 Å². The minimum atomic E-state index is -3.98. The Labute approximate surface area is 214 Å². The van der Waals surface area contributed by atoms with Gasteiger partial charge in [-0.05, 0) is 37.5 Å². The highest BCUT2D eigenvalue weighted by Crippen LogP contribution is 2.43. The highest BCUT2D eigenvalue weighted by Gasteiger charge is 2.40. The number of rotatable bonds is 9. The molecule has 1 N–H and O–H groups in total. The Morgan fingerprint density at radius 3 is 2.56 bits per heavy atom. The summed E-state index contributed by atoms with van der Waals surface area (Å²) in [5.74, 6) is -5.97. The van der Waals surface area contributed by atoms with Gasteiger partial charge in [0.25, 0.3) is 0 Å². The summed E-state index contributed by atoms with van der Waals surface area (Å²) in [4.78, 5) is 13.2. The van der Waals surface area contributed by atoms with Crippen LogP contribution in [0.25, 0.3) is 0 Å². The number of benzene rings is 1. The Morgan fingerprint density at radius 2 is 1.97 bits per heavy atom. The van der Waals surface area contributed by atoms with Gasteiger partial charge in [-0.1, -0.05) is 19.8 Å². The zero-order chi connectivity index (χ0) is 26.7. The van der Waals surface area contributed by atoms with Crippen LogP contribution >= 0.6 is 11.8 Å². The van der Waals surface area contributed by atoms with E-state index in [9.17, 15) is 26.4 Å². The van der Waals surface area contributed by atoms with E-state index < -0.39 is 27.7 Å². The number of sulfonamides is 1. The number of fused-ring (bicyclic) bond motifs is 1. The van der Waals surface area contributed by atoms with E-state index in [1.54, 1.807) is 12.3 Å². The number of halogens is 3. The molecule has 1 aromatic carbocycles. The Hall–Kier alpha value is -1.92. The van der Waals surface area contributed by atoms with E-state index in [4.69, 9.17) is 9.84 Å². The van der Waals surface area contributed by atoms with Crippen molar-refractivity contribution < 1.29 is 36.2 Å². The molecule has 1 heterocycles. The van der Waals surface area contributed by atoms with E-state index in [-0.39, 0.29) is 35.4 Å². The minimum Gasteiger partial charge on any atom is -0.476 e. The molecule has 1 saturated carbocycles. The fourth-order valence-electron chi connectivity index (χ4n) is 4.70. The summed E-state index contributed by atoms with van der Waals surface area (Å²) in [5.41, 5.74) is 0.442. The number of carbonyl (C=O) groups is 1. The number of hydrogen-bond donors (Lipinski definition) is 1. The number of nitrogens with zero attached hydrogens (tertiary/aromatic N) is 2. The molecular weight excluding hydrogens is 517 g/mol. The number of likely N-dealkylation sites (N-methyl/N-ethyl adjacent to an activating group) is 1. The number of carboxylic acid groups (broad SMARTS) is 1. The Bertz CT molecular complexity index is 1090. The number of carboxylic acids is 1. The molecule has 1 fully saturated rings. The number of thioether (sulfide) groups is 1. The highest BCUT2D eigenvalue weighted by molar-refractivity contribution is 7.98. The molecule has 0 aromatic heterocycles. The number of alkyl halides is 2. The molecule has 0 saturated heterocycles. The third-order valence-electron chi connectivity index (χ3n) is 6.89. The molecular formula is C24H33F3N2O5S2. The average Bonchev–Trinajstić information content (AvgIpc) is 2.90. The quantitative estimate of drug-likeness (QED) is 0.247. The number of unbranched alkanes of at least 4 members (excludes halogenated alkanes) is 1. The molecule has 0 radical (unpaired) electrons. The first-order valence-electron chi connectivity index (χ1n) is 12.0. The Kier molecular flexibility index (Phi) is 9.26. The summed E-state index contributed by atoms with van der Waals surface area (Å²) in [7, 11) is -2.45. The third-order valence-corrected chi connectivity index (χ3v) is 9.59. The molecule has 1 aromatic rings. The van der Waals surface area contributed by atoms with Crippen LogP contribution in [0, 0.1) is 5.92 Å². The van der Waals surface area contributed by atoms with E-state index in [1.165, 1.54) is 29.2 Å². The fraction of sp³-hybridized carbons (Fsp3) is 0.625. The van der Waals surface area contributed by atoms with Gasteiger partial charge in [-0.15, -0.1) is 11.8 Å². The van der Waals surface area contributed by atoms with Gasteiger partial charge in [-0.2, -0.15) is 8.70 Å². The third kappa shape index (κ3) is 6.49. The maximum Gasteiger partial charge on any atom is 0.368 e. The number of hydrogen-bond acceptors (Lipinski definition) is 6. The normalized spacial score (nSPS) is 22.7. The van der Waals surface area contributed by atoms with Crippen LogP contribution in [0.15, 0.2) is 34.0 Å². The van der Waals surface area contributed by atoms with Crippen LogP contribution in [-0.4, -0.2) is 62.2 Å². The highest BCUT2D eigenvalue weighted by atomic mass is 32.2. The van der Waals surface area contributed by atoms with Gasteiger partial charge in [0, 0.05) is 45.1 Å². The predicted molar refractivity (Wildman–Crippen MR) is 133 cm³/mol. The second-order valence-corrected chi connectivity index (χ2v) is 12.2. The van der Waals surface area contributed by atoms with Crippen molar-refractivity contribution in [2.45, 2.75) is 73.6 Å². The van der Waals surface area contributed by atoms with Crippen LogP contribution in [0.3, 0.4) is 0 Å². The SMILES string of the molecule is CCCCC1CN(CC2CCC(F)(F)CC2)c2cc(SC)c(O/C=C(\F)C(=O)O)cc2S(=O)(=O)N1C. The van der Waals surface area contributed by atoms with Gasteiger partial charge in [-0.3, -0.25) is 0 Å². The zero-order valence-corrected chi connectivity index (χ0v) is 22.3. The van der Waals surface area contributed by atoms with Crippen LogP contribution in [-0.2, 0) is 14.8 Å². The zero-order valence-electron chi connectivity index (χ0n) is 20.7. The van der Waals surface area contributed by atoms with Gasteiger partial charge in [0.2, 0.25) is 21.8 Å². The predicted octanol–water partition coefficient (Wildman–Crippen LogP) is 5.51. The molecule has 36 heavy (non-hydrogen) atoms. The standard InChI is InChI=1S/C24H33F3N2O5S2/c1-4-5-6-17-14-29(13-16-7-9-24(26,27)10-8-16)19-11-21(35-3)20(34-15-18(25)23(30)31)12-22(19)36(32,33)28(17)2/h11-12,15-17H,4-10,13-14H2,1-3H3,(H,30,31)/b18-15-. The molecule has 3 rings (SSSR count). The summed E-state index contributed by atoms with van der Waals surface area (Å²) in [6, 6.07) is 2.62. The Balaban J connectivity index is 2.06. The van der Waals surface area contributed by atoms with Crippen molar-refractivity contribution in [3.63, 3.8) is 0 Å². The molecule has 7 nitrogen and oxygen atoms in total. The van der Waals surface area contributed by atoms with E-state index >= 15 is 0 Å². The molecule has 1 aliphatic carbocycles. The average molecular weight is 551 g/mol. The lowest BCUT2D eigenvalue weighted by atomic mass is 9.86. The summed E-state index contributed by atoms with van der Waals surface area (Å²) >= 11 is 1.24. The maximum absolute atomic E-state index is 13.8. The van der Waals surface area contributed by atoms with Crippen molar-refractivity contribution in [1.29, 1.82) is 0 Å². The fourth-order valence-corrected chi connectivity index (χ4v) is 6.82. The number of ether oxygens (including phenoxy) is 1. The molecule has 0 bridgehead atoms. The van der Waals surface area contributed by atoms with Crippen LogP contribution < -0.4 is 9.64 Å². The van der Waals surface area contributed by atoms with Crippen molar-refractivity contribution in [2.75, 3.05) is 31.3 Å². The van der Waals surface area contributed by atoms with Crippen LogP contribution in [0.1, 0.15) is 51.9 Å². The van der Waals surface area contributed by atoms with E-state index in [1.807, 2.05) is 11.8 Å². The molecule has 0 amide bonds. The van der Waals surface area contributed by atoms with Gasteiger partial charge in [-0.25, -0.2) is 22.0 Å². The molecule has 12 heteroatoms. The maximum atomic E-state index is 13.8. The monoisotopic (exact) mass is 550 g/mol. The molecule has 0 spiro atoms. The number of aliphatic carboxylic acids is 1. The second kappa shape index (κ2) is 11.6. The number of anilines is 1. The summed E-state index contributed by atoms with van der Waals surface area (Å²) in [5, 5.41) is 8.77. The van der Waals surface area contributed by atoms with Crippen molar-refractivity contribution >= 4 is 33.4 Å². The van der Waals surface area contributed by atoms with Crippen LogP contribution in [0.5, 0.6) is 5.75 Å². The van der Waals surface area contributed by atoms with Gasteiger partial charge < -0.3 is 14.7 Å². The smallest absolute Gasteiger partial charge is 0.368 e. The van der Waals surface area contributed by atoms with E-state index in [0.29, 0.717) is 49.2 Å². The summed E-state index contributed by atoms with van der Waals surface area (Å²) < 4.78 is 75.0. The van der Waals surface area contributed by atoms with Gasteiger partial charge in [0.15, 0.2) is 0 Å². The van der Waals surface area contributed by atoms with Crippen molar-refractivity contribution in [1.82, 2.24) is 4.31 Å². The lowest BCUT2D eigenvalue weighted by Gasteiger charge is -2.35. The first-order valence-corrected chi connectivity index (χ1v) is 14.6. The summed E-state index contributed by atoms with van der Waals surface area (Å²) in [6.07, 6.45) is 4.89. The molecule has 1 unspecified atom stereocenters. The second-order valence-electron chi connectivity index (χ2n) is 9.38. The van der Waals surface area contributed by atoms with Gasteiger partial charge in [0.05, 0.1) is 10.6 Å². The van der Waals surface area contributed by atoms with E-state index in [0.717, 1.165) is 12.8 Å². The van der Waals surface area contributed by atoms with Crippen LogP contribution in [0.2, 0.25) is 0 Å². The minimum absolute atomic E-state index is 0.00309. The molecule has 2 aliphatic rings.